The van der Waals surface area contributed by atoms with Crippen molar-refractivity contribution in [3.8, 4) is 5.75 Å². The molecule has 0 bridgehead atoms. The van der Waals surface area contributed by atoms with Gasteiger partial charge in [-0.3, -0.25) is 9.69 Å². The van der Waals surface area contributed by atoms with Gasteiger partial charge in [0.25, 0.3) is 5.91 Å². The molecule has 0 spiro atoms. The highest BCUT2D eigenvalue weighted by Gasteiger charge is 2.49. The molecule has 2 N–H and O–H groups in total. The van der Waals surface area contributed by atoms with Gasteiger partial charge in [-0.15, -0.1) is 0 Å². The van der Waals surface area contributed by atoms with Gasteiger partial charge in [-0.1, -0.05) is 6.42 Å². The molecule has 1 aromatic rings. The largest absolute Gasteiger partial charge is 0.495 e. The first-order valence-corrected chi connectivity index (χ1v) is 9.28. The number of carbonyl (C=O) groups is 3. The number of benzene rings is 1. The minimum Gasteiger partial charge on any atom is -0.495 e. The number of nitrogens with one attached hydrogen (secondary N) is 1. The molecule has 3 fully saturated rings. The van der Waals surface area contributed by atoms with Crippen LogP contribution in [0.5, 0.6) is 5.75 Å². The normalized spacial score (nSPS) is 26.9. The van der Waals surface area contributed by atoms with E-state index in [4.69, 9.17) is 4.74 Å². The molecule has 8 heteroatoms. The van der Waals surface area contributed by atoms with E-state index in [0.717, 1.165) is 19.3 Å². The van der Waals surface area contributed by atoms with Crippen molar-refractivity contribution in [3.63, 3.8) is 0 Å². The molecular formula is C19H23N3O5. The fourth-order valence-electron chi connectivity index (χ4n) is 4.73. The van der Waals surface area contributed by atoms with Crippen LogP contribution in [-0.4, -0.2) is 60.7 Å². The molecule has 3 amide bonds. The minimum atomic E-state index is -0.939. The maximum atomic E-state index is 13.1. The van der Waals surface area contributed by atoms with Crippen LogP contribution in [0.3, 0.4) is 0 Å². The van der Waals surface area contributed by atoms with Gasteiger partial charge in [0.2, 0.25) is 0 Å². The Morgan fingerprint density at radius 2 is 2.11 bits per heavy atom. The molecule has 0 radical (unpaired) electrons. The van der Waals surface area contributed by atoms with Gasteiger partial charge in [-0.2, -0.15) is 0 Å². The molecule has 27 heavy (non-hydrogen) atoms. The lowest BCUT2D eigenvalue weighted by Gasteiger charge is -2.25. The SMILES string of the molecule is COc1ccc(C(=O)N2CC3CCCC3C2C(=O)O)cc1N1CCNC1=O. The quantitative estimate of drug-likeness (QED) is 0.834. The van der Waals surface area contributed by atoms with Crippen molar-refractivity contribution < 1.29 is 24.2 Å². The lowest BCUT2D eigenvalue weighted by atomic mass is 9.94. The molecule has 2 aliphatic heterocycles. The van der Waals surface area contributed by atoms with Crippen LogP contribution in [0.15, 0.2) is 18.2 Å². The number of fused-ring (bicyclic) bond motifs is 1. The molecule has 1 saturated carbocycles. The van der Waals surface area contributed by atoms with Crippen molar-refractivity contribution >= 4 is 23.6 Å². The Bertz CT molecular complexity index is 796. The predicted molar refractivity (Wildman–Crippen MR) is 97.0 cm³/mol. The van der Waals surface area contributed by atoms with E-state index in [1.165, 1.54) is 16.9 Å². The van der Waals surface area contributed by atoms with Crippen molar-refractivity contribution in [2.24, 2.45) is 11.8 Å². The van der Waals surface area contributed by atoms with Crippen molar-refractivity contribution in [1.29, 1.82) is 0 Å². The van der Waals surface area contributed by atoms with Crippen LogP contribution in [0.1, 0.15) is 29.6 Å². The van der Waals surface area contributed by atoms with Gasteiger partial charge in [-0.05, 0) is 42.9 Å². The Balaban J connectivity index is 1.65. The number of nitrogens with zero attached hydrogens (tertiary/aromatic N) is 2. The number of likely N-dealkylation sites (tertiary alicyclic amines) is 1. The zero-order chi connectivity index (χ0) is 19.1. The van der Waals surface area contributed by atoms with E-state index >= 15 is 0 Å². The number of amides is 3. The molecule has 0 aromatic heterocycles. The molecule has 3 unspecified atom stereocenters. The minimum absolute atomic E-state index is 0.0357. The maximum Gasteiger partial charge on any atom is 0.326 e. The van der Waals surface area contributed by atoms with Gasteiger partial charge < -0.3 is 20.1 Å². The summed E-state index contributed by atoms with van der Waals surface area (Å²) in [6.45, 7) is 1.49. The highest BCUT2D eigenvalue weighted by molar-refractivity contribution is 6.01. The van der Waals surface area contributed by atoms with Gasteiger partial charge in [0.15, 0.2) is 0 Å². The van der Waals surface area contributed by atoms with E-state index in [-0.39, 0.29) is 23.8 Å². The third-order valence-corrected chi connectivity index (χ3v) is 5.98. The number of methoxy groups -OCH3 is 1. The number of rotatable bonds is 4. The van der Waals surface area contributed by atoms with Crippen molar-refractivity contribution in [3.05, 3.63) is 23.8 Å². The van der Waals surface area contributed by atoms with E-state index in [1.807, 2.05) is 0 Å². The number of carboxylic acids is 1. The molecule has 3 aliphatic rings. The molecule has 1 aliphatic carbocycles. The van der Waals surface area contributed by atoms with Crippen LogP contribution in [-0.2, 0) is 4.79 Å². The van der Waals surface area contributed by atoms with Crippen LogP contribution in [0.4, 0.5) is 10.5 Å². The Morgan fingerprint density at radius 3 is 2.78 bits per heavy atom. The van der Waals surface area contributed by atoms with E-state index in [0.29, 0.717) is 36.6 Å². The van der Waals surface area contributed by atoms with E-state index < -0.39 is 12.0 Å². The zero-order valence-corrected chi connectivity index (χ0v) is 15.2. The maximum absolute atomic E-state index is 13.1. The standard InChI is InChI=1S/C19H23N3O5/c1-27-15-6-5-11(9-14(15)21-8-7-20-19(21)26)17(23)22-10-12-3-2-4-13(12)16(22)18(24)25/h5-6,9,12-13,16H,2-4,7-8,10H2,1H3,(H,20,26)(H,24,25). The third-order valence-electron chi connectivity index (χ3n) is 5.98. The average molecular weight is 373 g/mol. The first kappa shape index (κ1) is 17.6. The summed E-state index contributed by atoms with van der Waals surface area (Å²) in [5.41, 5.74) is 0.890. The summed E-state index contributed by atoms with van der Waals surface area (Å²) in [7, 11) is 1.51. The summed E-state index contributed by atoms with van der Waals surface area (Å²) in [6, 6.07) is 3.90. The second-order valence-corrected chi connectivity index (χ2v) is 7.37. The molecule has 144 valence electrons. The van der Waals surface area contributed by atoms with Crippen LogP contribution in [0.25, 0.3) is 0 Å². The second-order valence-electron chi connectivity index (χ2n) is 7.37. The van der Waals surface area contributed by atoms with Gasteiger partial charge in [0, 0.05) is 25.2 Å². The summed E-state index contributed by atoms with van der Waals surface area (Å²) in [6.07, 6.45) is 2.85. The van der Waals surface area contributed by atoms with Crippen molar-refractivity contribution in [2.75, 3.05) is 31.6 Å². The lowest BCUT2D eigenvalue weighted by molar-refractivity contribution is -0.142. The number of hydrogen-bond donors (Lipinski definition) is 2. The van der Waals surface area contributed by atoms with Gasteiger partial charge >= 0.3 is 12.0 Å². The van der Waals surface area contributed by atoms with Crippen molar-refractivity contribution in [1.82, 2.24) is 10.2 Å². The highest BCUT2D eigenvalue weighted by Crippen LogP contribution is 2.43. The Morgan fingerprint density at radius 1 is 1.30 bits per heavy atom. The first-order chi connectivity index (χ1) is 13.0. The number of anilines is 1. The first-order valence-electron chi connectivity index (χ1n) is 9.28. The Labute approximate surface area is 157 Å². The number of carbonyl (C=O) groups excluding carboxylic acids is 2. The third kappa shape index (κ3) is 2.89. The van der Waals surface area contributed by atoms with Crippen LogP contribution < -0.4 is 15.0 Å². The summed E-state index contributed by atoms with van der Waals surface area (Å²) in [5, 5.41) is 12.4. The van der Waals surface area contributed by atoms with Gasteiger partial charge in [0.05, 0.1) is 12.8 Å². The summed E-state index contributed by atoms with van der Waals surface area (Å²) in [4.78, 5) is 40.0. The molecule has 1 aromatic carbocycles. The van der Waals surface area contributed by atoms with Gasteiger partial charge in [-0.25, -0.2) is 9.59 Å². The summed E-state index contributed by atoms with van der Waals surface area (Å²) in [5.74, 6) is -0.451. The van der Waals surface area contributed by atoms with Crippen molar-refractivity contribution in [2.45, 2.75) is 25.3 Å². The Kier molecular flexibility index (Phi) is 4.41. The number of urea groups is 1. The summed E-state index contributed by atoms with van der Waals surface area (Å²) < 4.78 is 5.35. The predicted octanol–water partition coefficient (Wildman–Crippen LogP) is 1.55. The van der Waals surface area contributed by atoms with Crippen LogP contribution >= 0.6 is 0 Å². The molecule has 8 nitrogen and oxygen atoms in total. The topological polar surface area (TPSA) is 99.2 Å². The molecule has 3 atom stereocenters. The fourth-order valence-corrected chi connectivity index (χ4v) is 4.73. The highest BCUT2D eigenvalue weighted by atomic mass is 16.5. The molecule has 4 rings (SSSR count). The zero-order valence-electron chi connectivity index (χ0n) is 15.2. The number of hydrogen-bond acceptors (Lipinski definition) is 4. The molecular weight excluding hydrogens is 350 g/mol. The number of aliphatic carboxylic acids is 1. The number of ether oxygens (including phenoxy) is 1. The lowest BCUT2D eigenvalue weighted by Crippen LogP contribution is -2.43. The van der Waals surface area contributed by atoms with Crippen LogP contribution in [0.2, 0.25) is 0 Å². The van der Waals surface area contributed by atoms with E-state index in [2.05, 4.69) is 5.32 Å². The van der Waals surface area contributed by atoms with E-state index in [9.17, 15) is 19.5 Å². The van der Waals surface area contributed by atoms with Gasteiger partial charge in [0.1, 0.15) is 11.8 Å². The molecule has 2 heterocycles. The smallest absolute Gasteiger partial charge is 0.326 e. The van der Waals surface area contributed by atoms with E-state index in [1.54, 1.807) is 18.2 Å². The fraction of sp³-hybridized carbons (Fsp3) is 0.526. The Hall–Kier alpha value is -2.77. The molecule has 2 saturated heterocycles. The van der Waals surface area contributed by atoms with Crippen LogP contribution in [0, 0.1) is 11.8 Å². The number of carboxylic acid groups (broad SMARTS) is 1. The average Bonchev–Trinajstić information content (AvgIpc) is 3.35. The summed E-state index contributed by atoms with van der Waals surface area (Å²) >= 11 is 0. The second kappa shape index (κ2) is 6.75. The monoisotopic (exact) mass is 373 g/mol.